The van der Waals surface area contributed by atoms with Gasteiger partial charge in [0, 0.05) is 19.2 Å². The number of hydrogen-bond donors (Lipinski definition) is 0. The number of halogens is 7. The van der Waals surface area contributed by atoms with Gasteiger partial charge in [0.05, 0.1) is 20.8 Å². The van der Waals surface area contributed by atoms with Crippen LogP contribution in [0.4, 0.5) is 17.6 Å². The van der Waals surface area contributed by atoms with Crippen molar-refractivity contribution in [3.63, 3.8) is 0 Å². The molecule has 31 heavy (non-hydrogen) atoms. The van der Waals surface area contributed by atoms with Crippen LogP contribution in [0.25, 0.3) is 5.69 Å². The molecule has 0 bridgehead atoms. The van der Waals surface area contributed by atoms with Gasteiger partial charge in [-0.1, -0.05) is 40.9 Å². The van der Waals surface area contributed by atoms with Gasteiger partial charge in [0.1, 0.15) is 23.9 Å². The van der Waals surface area contributed by atoms with E-state index in [1.807, 2.05) is 0 Å². The van der Waals surface area contributed by atoms with Crippen LogP contribution in [0.15, 0.2) is 46.0 Å². The van der Waals surface area contributed by atoms with Gasteiger partial charge in [-0.2, -0.15) is 13.2 Å². The second-order valence-corrected chi connectivity index (χ2v) is 7.54. The van der Waals surface area contributed by atoms with E-state index in [0.717, 1.165) is 19.2 Å². The molecule has 0 amide bonds. The van der Waals surface area contributed by atoms with Crippen molar-refractivity contribution < 1.29 is 22.3 Å². The number of alkyl halides is 3. The number of benzene rings is 2. The minimum Gasteiger partial charge on any atom is -0.487 e. The van der Waals surface area contributed by atoms with Crippen LogP contribution in [0.3, 0.4) is 0 Å². The molecule has 0 spiro atoms. The number of rotatable bonds is 4. The Balaban J connectivity index is 2.06. The summed E-state index contributed by atoms with van der Waals surface area (Å²) in [5.74, 6) is -1.22. The third-order valence-corrected chi connectivity index (χ3v) is 5.27. The van der Waals surface area contributed by atoms with Crippen LogP contribution in [0, 0.1) is 5.82 Å². The lowest BCUT2D eigenvalue weighted by molar-refractivity contribution is -0.144. The van der Waals surface area contributed by atoms with Crippen molar-refractivity contribution in [1.82, 2.24) is 9.13 Å². The topological polar surface area (TPSA) is 53.2 Å². The van der Waals surface area contributed by atoms with E-state index in [9.17, 15) is 27.2 Å². The molecule has 0 atom stereocenters. The first-order valence-electron chi connectivity index (χ1n) is 8.36. The Morgan fingerprint density at radius 1 is 0.968 bits per heavy atom. The van der Waals surface area contributed by atoms with Crippen molar-refractivity contribution in [2.75, 3.05) is 0 Å². The lowest BCUT2D eigenvalue weighted by Crippen LogP contribution is -2.41. The fraction of sp³-hybridized carbons (Fsp3) is 0.158. The van der Waals surface area contributed by atoms with Gasteiger partial charge in [-0.3, -0.25) is 9.36 Å². The molecule has 5 nitrogen and oxygen atoms in total. The average Bonchev–Trinajstić information content (AvgIpc) is 2.67. The summed E-state index contributed by atoms with van der Waals surface area (Å²) in [4.78, 5) is 24.7. The summed E-state index contributed by atoms with van der Waals surface area (Å²) < 4.78 is 59.5. The molecule has 12 heteroatoms. The molecule has 0 N–H and O–H groups in total. The Morgan fingerprint density at radius 3 is 2.26 bits per heavy atom. The highest BCUT2D eigenvalue weighted by Crippen LogP contribution is 2.31. The molecule has 0 aliphatic heterocycles. The van der Waals surface area contributed by atoms with Gasteiger partial charge in [0.2, 0.25) is 0 Å². The molecule has 0 aliphatic carbocycles. The maximum Gasteiger partial charge on any atom is 0.431 e. The van der Waals surface area contributed by atoms with Crippen molar-refractivity contribution in [3.05, 3.63) is 89.4 Å². The summed E-state index contributed by atoms with van der Waals surface area (Å²) >= 11 is 17.7. The molecular formula is C19H11Cl3F4N2O3. The molecule has 0 saturated heterocycles. The minimum atomic E-state index is -4.95. The predicted molar refractivity (Wildman–Crippen MR) is 108 cm³/mol. The zero-order valence-electron chi connectivity index (χ0n) is 15.4. The van der Waals surface area contributed by atoms with E-state index in [-0.39, 0.29) is 37.6 Å². The number of hydrogen-bond acceptors (Lipinski definition) is 3. The first-order chi connectivity index (χ1) is 14.4. The van der Waals surface area contributed by atoms with Crippen LogP contribution in [0.1, 0.15) is 11.3 Å². The van der Waals surface area contributed by atoms with Gasteiger partial charge in [0.15, 0.2) is 0 Å². The Kier molecular flexibility index (Phi) is 6.40. The molecule has 3 aromatic rings. The molecule has 0 radical (unpaired) electrons. The number of aromatic nitrogens is 2. The zero-order chi connectivity index (χ0) is 23.1. The maximum atomic E-state index is 14.5. The van der Waals surface area contributed by atoms with Gasteiger partial charge in [0.25, 0.3) is 5.56 Å². The van der Waals surface area contributed by atoms with Crippen LogP contribution in [-0.4, -0.2) is 9.13 Å². The highest BCUT2D eigenvalue weighted by molar-refractivity contribution is 6.42. The first kappa shape index (κ1) is 23.2. The summed E-state index contributed by atoms with van der Waals surface area (Å²) in [7, 11) is 0.816. The number of nitrogens with zero attached hydrogens (tertiary/aromatic N) is 2. The standard InChI is InChI=1S/C19H11Cl3F4N2O3/c1-27-16(19(24,25)26)7-17(29)28(18(27)30)14-6-15(12(22)5-13(14)23)31-8-9-2-3-10(20)11(21)4-9/h2-7H,8H2,1H3. The second-order valence-electron chi connectivity index (χ2n) is 6.31. The largest absolute Gasteiger partial charge is 0.487 e. The summed E-state index contributed by atoms with van der Waals surface area (Å²) in [6, 6.07) is 6.61. The second kappa shape index (κ2) is 8.57. The Morgan fingerprint density at radius 2 is 1.65 bits per heavy atom. The van der Waals surface area contributed by atoms with E-state index in [2.05, 4.69) is 0 Å². The van der Waals surface area contributed by atoms with Crippen LogP contribution in [0.2, 0.25) is 15.1 Å². The van der Waals surface area contributed by atoms with Crippen LogP contribution < -0.4 is 16.0 Å². The first-order valence-corrected chi connectivity index (χ1v) is 9.50. The fourth-order valence-electron chi connectivity index (χ4n) is 2.71. The summed E-state index contributed by atoms with van der Waals surface area (Å²) in [6.45, 7) is -0.0817. The minimum absolute atomic E-state index is 0.0817. The normalized spacial score (nSPS) is 11.6. The van der Waals surface area contributed by atoms with E-state index >= 15 is 0 Å². The molecule has 164 valence electrons. The monoisotopic (exact) mass is 496 g/mol. The third kappa shape index (κ3) is 4.73. The number of ether oxygens (including phenoxy) is 1. The lowest BCUT2D eigenvalue weighted by atomic mass is 10.2. The van der Waals surface area contributed by atoms with Gasteiger partial charge in [-0.15, -0.1) is 0 Å². The Hall–Kier alpha value is -2.49. The smallest absolute Gasteiger partial charge is 0.431 e. The average molecular weight is 498 g/mol. The quantitative estimate of drug-likeness (QED) is 0.464. The molecule has 1 aromatic heterocycles. The SMILES string of the molecule is Cn1c(C(F)(F)F)cc(=O)n(-c2cc(OCc3ccc(Cl)c(Cl)c3)c(Cl)cc2F)c1=O. The Labute approximate surface area is 187 Å². The summed E-state index contributed by atoms with van der Waals surface area (Å²) in [5, 5.41) is 0.414. The van der Waals surface area contributed by atoms with E-state index in [0.29, 0.717) is 10.6 Å². The van der Waals surface area contributed by atoms with Gasteiger partial charge >= 0.3 is 11.9 Å². The maximum absolute atomic E-state index is 14.5. The van der Waals surface area contributed by atoms with Crippen molar-refractivity contribution >= 4 is 34.8 Å². The molecule has 0 unspecified atom stereocenters. The zero-order valence-corrected chi connectivity index (χ0v) is 17.7. The highest BCUT2D eigenvalue weighted by Gasteiger charge is 2.35. The summed E-state index contributed by atoms with van der Waals surface area (Å²) in [5.41, 5.74) is -4.26. The van der Waals surface area contributed by atoms with Crippen LogP contribution >= 0.6 is 34.8 Å². The molecule has 3 rings (SSSR count). The van der Waals surface area contributed by atoms with Crippen molar-refractivity contribution in [2.45, 2.75) is 12.8 Å². The lowest BCUT2D eigenvalue weighted by Gasteiger charge is -2.15. The molecular weight excluding hydrogens is 487 g/mol. The predicted octanol–water partition coefficient (Wildman–Crippen LogP) is 5.23. The summed E-state index contributed by atoms with van der Waals surface area (Å²) in [6.07, 6.45) is -4.95. The fourth-order valence-corrected chi connectivity index (χ4v) is 3.24. The van der Waals surface area contributed by atoms with Gasteiger partial charge < -0.3 is 4.74 Å². The molecule has 0 saturated carbocycles. The highest BCUT2D eigenvalue weighted by atomic mass is 35.5. The van der Waals surface area contributed by atoms with E-state index in [4.69, 9.17) is 39.5 Å². The molecule has 2 aromatic carbocycles. The molecule has 0 fully saturated rings. The third-order valence-electron chi connectivity index (χ3n) is 4.23. The van der Waals surface area contributed by atoms with Crippen molar-refractivity contribution in [2.24, 2.45) is 7.05 Å². The van der Waals surface area contributed by atoms with Crippen LogP contribution in [0.5, 0.6) is 5.75 Å². The van der Waals surface area contributed by atoms with Crippen molar-refractivity contribution in [3.8, 4) is 11.4 Å². The molecule has 0 aliphatic rings. The van der Waals surface area contributed by atoms with Crippen molar-refractivity contribution in [1.29, 1.82) is 0 Å². The van der Waals surface area contributed by atoms with E-state index in [1.165, 1.54) is 12.1 Å². The Bertz CT molecular complexity index is 1290. The van der Waals surface area contributed by atoms with E-state index < -0.39 is 34.6 Å². The van der Waals surface area contributed by atoms with Gasteiger partial charge in [-0.25, -0.2) is 13.8 Å². The van der Waals surface area contributed by atoms with Crippen LogP contribution in [-0.2, 0) is 19.8 Å². The van der Waals surface area contributed by atoms with Gasteiger partial charge in [-0.05, 0) is 23.8 Å². The molecule has 1 heterocycles. The van der Waals surface area contributed by atoms with E-state index in [1.54, 1.807) is 6.07 Å².